The van der Waals surface area contributed by atoms with E-state index in [9.17, 15) is 14.9 Å². The van der Waals surface area contributed by atoms with Crippen molar-refractivity contribution in [2.45, 2.75) is 63.2 Å². The molecular formula is C15H23N5O3. The number of rotatable bonds is 5. The fourth-order valence-electron chi connectivity index (χ4n) is 3.91. The standard InChI is InChI=1S/C15H23N5O3/c1-3-14(19-9-13(8-16-19)20(22)23)15(21)17-10-6-11-4-5-12(7-10)18(11)2/h8-12,14H,3-7H2,1-2H3,(H,17,21). The van der Waals surface area contributed by atoms with Gasteiger partial charge in [-0.1, -0.05) is 6.92 Å². The van der Waals surface area contributed by atoms with Crippen LogP contribution in [-0.4, -0.2) is 50.7 Å². The Bertz CT molecular complexity index is 588. The molecule has 1 amide bonds. The molecule has 3 rings (SSSR count). The van der Waals surface area contributed by atoms with Gasteiger partial charge in [0, 0.05) is 18.1 Å². The normalized spacial score (nSPS) is 28.5. The molecule has 1 aromatic heterocycles. The summed E-state index contributed by atoms with van der Waals surface area (Å²) in [5.74, 6) is -0.0977. The van der Waals surface area contributed by atoms with Gasteiger partial charge in [0.2, 0.25) is 5.91 Å². The predicted molar refractivity (Wildman–Crippen MR) is 83.9 cm³/mol. The number of fused-ring (bicyclic) bond motifs is 2. The first kappa shape index (κ1) is 15.9. The molecule has 0 saturated carbocycles. The summed E-state index contributed by atoms with van der Waals surface area (Å²) in [6, 6.07) is 0.812. The monoisotopic (exact) mass is 321 g/mol. The van der Waals surface area contributed by atoms with Crippen molar-refractivity contribution in [2.75, 3.05) is 7.05 Å². The number of nitrogens with one attached hydrogen (secondary N) is 1. The van der Waals surface area contributed by atoms with Crippen LogP contribution < -0.4 is 5.32 Å². The third-order valence-corrected chi connectivity index (χ3v) is 5.25. The van der Waals surface area contributed by atoms with Gasteiger partial charge in [0.25, 0.3) is 0 Å². The van der Waals surface area contributed by atoms with E-state index in [1.165, 1.54) is 29.9 Å². The Morgan fingerprint density at radius 1 is 1.48 bits per heavy atom. The third kappa shape index (κ3) is 3.08. The Balaban J connectivity index is 1.65. The molecule has 2 bridgehead atoms. The highest BCUT2D eigenvalue weighted by atomic mass is 16.6. The van der Waals surface area contributed by atoms with Crippen molar-refractivity contribution in [1.82, 2.24) is 20.0 Å². The van der Waals surface area contributed by atoms with Crippen molar-refractivity contribution in [1.29, 1.82) is 0 Å². The molecule has 3 unspecified atom stereocenters. The van der Waals surface area contributed by atoms with Crippen molar-refractivity contribution in [2.24, 2.45) is 0 Å². The second kappa shape index (κ2) is 6.27. The number of hydrogen-bond donors (Lipinski definition) is 1. The van der Waals surface area contributed by atoms with Crippen LogP contribution in [0, 0.1) is 10.1 Å². The van der Waals surface area contributed by atoms with Gasteiger partial charge in [-0.05, 0) is 39.2 Å². The quantitative estimate of drug-likeness (QED) is 0.655. The number of nitro groups is 1. The van der Waals surface area contributed by atoms with E-state index in [0.29, 0.717) is 18.5 Å². The Hall–Kier alpha value is -1.96. The van der Waals surface area contributed by atoms with E-state index in [1.54, 1.807) is 0 Å². The van der Waals surface area contributed by atoms with Gasteiger partial charge in [0.15, 0.2) is 0 Å². The number of nitrogens with zero attached hydrogens (tertiary/aromatic N) is 4. The van der Waals surface area contributed by atoms with Gasteiger partial charge >= 0.3 is 5.69 Å². The second-order valence-corrected chi connectivity index (χ2v) is 6.59. The van der Waals surface area contributed by atoms with Crippen LogP contribution in [0.25, 0.3) is 0 Å². The highest BCUT2D eigenvalue weighted by Gasteiger charge is 2.39. The van der Waals surface area contributed by atoms with Gasteiger partial charge in [0.1, 0.15) is 18.4 Å². The van der Waals surface area contributed by atoms with Crippen molar-refractivity contribution < 1.29 is 9.72 Å². The lowest BCUT2D eigenvalue weighted by Crippen LogP contribution is -2.50. The zero-order valence-electron chi connectivity index (χ0n) is 13.5. The molecular weight excluding hydrogens is 298 g/mol. The van der Waals surface area contributed by atoms with Crippen molar-refractivity contribution in [3.8, 4) is 0 Å². The molecule has 2 aliphatic rings. The zero-order valence-corrected chi connectivity index (χ0v) is 13.5. The molecule has 0 aromatic carbocycles. The maximum Gasteiger partial charge on any atom is 0.307 e. The van der Waals surface area contributed by atoms with Crippen molar-refractivity contribution in [3.63, 3.8) is 0 Å². The van der Waals surface area contributed by atoms with Gasteiger partial charge < -0.3 is 10.2 Å². The molecule has 0 aliphatic carbocycles. The first-order chi connectivity index (χ1) is 11.0. The summed E-state index contributed by atoms with van der Waals surface area (Å²) in [5, 5.41) is 17.9. The van der Waals surface area contributed by atoms with Gasteiger partial charge in [0.05, 0.1) is 4.92 Å². The molecule has 23 heavy (non-hydrogen) atoms. The third-order valence-electron chi connectivity index (χ3n) is 5.25. The number of carbonyl (C=O) groups is 1. The fraction of sp³-hybridized carbons (Fsp3) is 0.733. The van der Waals surface area contributed by atoms with Crippen LogP contribution >= 0.6 is 0 Å². The van der Waals surface area contributed by atoms with E-state index in [-0.39, 0.29) is 17.6 Å². The number of carbonyl (C=O) groups excluding carboxylic acids is 1. The zero-order chi connectivity index (χ0) is 16.6. The summed E-state index contributed by atoms with van der Waals surface area (Å²) in [6.07, 6.45) is 7.43. The Morgan fingerprint density at radius 3 is 2.65 bits per heavy atom. The van der Waals surface area contributed by atoms with E-state index in [0.717, 1.165) is 12.8 Å². The van der Waals surface area contributed by atoms with E-state index >= 15 is 0 Å². The molecule has 126 valence electrons. The van der Waals surface area contributed by atoms with Gasteiger partial charge in [-0.15, -0.1) is 0 Å². The minimum atomic E-state index is -0.499. The van der Waals surface area contributed by atoms with E-state index in [1.807, 2.05) is 6.92 Å². The summed E-state index contributed by atoms with van der Waals surface area (Å²) in [4.78, 5) is 25.3. The SMILES string of the molecule is CCC(C(=O)NC1CC2CCC(C1)N2C)n1cc([N+](=O)[O-])cn1. The lowest BCUT2D eigenvalue weighted by Gasteiger charge is -2.37. The maximum absolute atomic E-state index is 12.6. The Morgan fingerprint density at radius 2 is 2.13 bits per heavy atom. The molecule has 8 nitrogen and oxygen atoms in total. The van der Waals surface area contributed by atoms with E-state index in [2.05, 4.69) is 22.4 Å². The number of amides is 1. The molecule has 2 aliphatic heterocycles. The van der Waals surface area contributed by atoms with Crippen molar-refractivity contribution >= 4 is 11.6 Å². The molecule has 1 aromatic rings. The largest absolute Gasteiger partial charge is 0.351 e. The summed E-state index contributed by atoms with van der Waals surface area (Å²) >= 11 is 0. The first-order valence-electron chi connectivity index (χ1n) is 8.20. The minimum Gasteiger partial charge on any atom is -0.351 e. The predicted octanol–water partition coefficient (Wildman–Crippen LogP) is 1.48. The Labute approximate surface area is 135 Å². The number of aromatic nitrogens is 2. The summed E-state index contributed by atoms with van der Waals surface area (Å²) in [7, 11) is 2.16. The van der Waals surface area contributed by atoms with Gasteiger partial charge in [-0.3, -0.25) is 19.6 Å². The average molecular weight is 321 g/mol. The Kier molecular flexibility index (Phi) is 4.34. The lowest BCUT2D eigenvalue weighted by atomic mass is 9.97. The molecule has 0 spiro atoms. The minimum absolute atomic E-state index is 0.0893. The van der Waals surface area contributed by atoms with E-state index < -0.39 is 11.0 Å². The molecule has 2 fully saturated rings. The molecule has 3 heterocycles. The summed E-state index contributed by atoms with van der Waals surface area (Å²) in [5.41, 5.74) is -0.0893. The lowest BCUT2D eigenvalue weighted by molar-refractivity contribution is -0.385. The van der Waals surface area contributed by atoms with Crippen LogP contribution in [-0.2, 0) is 4.79 Å². The first-order valence-corrected chi connectivity index (χ1v) is 8.20. The average Bonchev–Trinajstić information content (AvgIpc) is 3.04. The maximum atomic E-state index is 12.6. The highest BCUT2D eigenvalue weighted by molar-refractivity contribution is 5.80. The van der Waals surface area contributed by atoms with Crippen LogP contribution in [0.1, 0.15) is 45.1 Å². The van der Waals surface area contributed by atoms with Crippen LogP contribution in [0.2, 0.25) is 0 Å². The second-order valence-electron chi connectivity index (χ2n) is 6.59. The molecule has 8 heteroatoms. The molecule has 3 atom stereocenters. The number of piperidine rings is 1. The summed E-state index contributed by atoms with van der Waals surface area (Å²) in [6.45, 7) is 1.89. The van der Waals surface area contributed by atoms with Gasteiger partial charge in [-0.25, -0.2) is 0 Å². The van der Waals surface area contributed by atoms with Crippen molar-refractivity contribution in [3.05, 3.63) is 22.5 Å². The highest BCUT2D eigenvalue weighted by Crippen LogP contribution is 2.34. The van der Waals surface area contributed by atoms with E-state index in [4.69, 9.17) is 0 Å². The topological polar surface area (TPSA) is 93.3 Å². The smallest absolute Gasteiger partial charge is 0.307 e. The van der Waals surface area contributed by atoms with Crippen LogP contribution in [0.5, 0.6) is 0 Å². The van der Waals surface area contributed by atoms with Gasteiger partial charge in [-0.2, -0.15) is 5.10 Å². The molecule has 1 N–H and O–H groups in total. The molecule has 0 radical (unpaired) electrons. The number of hydrogen-bond acceptors (Lipinski definition) is 5. The van der Waals surface area contributed by atoms with Crippen LogP contribution in [0.4, 0.5) is 5.69 Å². The van der Waals surface area contributed by atoms with Crippen LogP contribution in [0.15, 0.2) is 12.4 Å². The van der Waals surface area contributed by atoms with Crippen LogP contribution in [0.3, 0.4) is 0 Å². The summed E-state index contributed by atoms with van der Waals surface area (Å²) < 4.78 is 1.40. The fourth-order valence-corrected chi connectivity index (χ4v) is 3.91. The molecule has 2 saturated heterocycles.